The van der Waals surface area contributed by atoms with Gasteiger partial charge in [0.25, 0.3) is 0 Å². The first kappa shape index (κ1) is 13.8. The van der Waals surface area contributed by atoms with E-state index in [-0.39, 0.29) is 0 Å². The quantitative estimate of drug-likeness (QED) is 0.373. The van der Waals surface area contributed by atoms with Gasteiger partial charge in [-0.15, -0.1) is 0 Å². The van der Waals surface area contributed by atoms with Gasteiger partial charge in [-0.1, -0.05) is 57.6 Å². The molecule has 1 unspecified atom stereocenters. The Morgan fingerprint density at radius 3 is 2.50 bits per heavy atom. The maximum absolute atomic E-state index is 2.43. The Morgan fingerprint density at radius 1 is 1.06 bits per heavy atom. The topological polar surface area (TPSA) is 0 Å². The van der Waals surface area contributed by atoms with Gasteiger partial charge in [0.05, 0.1) is 0 Å². The summed E-state index contributed by atoms with van der Waals surface area (Å²) in [6, 6.07) is 0. The Morgan fingerprint density at radius 2 is 1.81 bits per heavy atom. The first-order valence-electron chi connectivity index (χ1n) is 7.50. The van der Waals surface area contributed by atoms with E-state index in [9.17, 15) is 0 Å². The molecular weight excluding hydrogens is 192 g/mol. The van der Waals surface area contributed by atoms with E-state index >= 15 is 0 Å². The third kappa shape index (κ3) is 4.31. The zero-order valence-electron chi connectivity index (χ0n) is 11.6. The van der Waals surface area contributed by atoms with Crippen molar-refractivity contribution in [1.29, 1.82) is 0 Å². The molecule has 0 saturated carbocycles. The number of rotatable bonds is 7. The molecule has 1 aliphatic carbocycles. The van der Waals surface area contributed by atoms with E-state index in [0.29, 0.717) is 0 Å². The molecule has 0 aromatic heterocycles. The van der Waals surface area contributed by atoms with Crippen LogP contribution in [0.15, 0.2) is 11.1 Å². The van der Waals surface area contributed by atoms with Crippen LogP contribution >= 0.6 is 0 Å². The molecule has 0 spiro atoms. The van der Waals surface area contributed by atoms with Crippen LogP contribution in [0.25, 0.3) is 0 Å². The van der Waals surface area contributed by atoms with Gasteiger partial charge in [-0.25, -0.2) is 0 Å². The molecule has 0 N–H and O–H groups in total. The van der Waals surface area contributed by atoms with Crippen molar-refractivity contribution in [2.75, 3.05) is 0 Å². The molecule has 1 rings (SSSR count). The fraction of sp³-hybridized carbons (Fsp3) is 0.875. The molecule has 0 nitrogen and oxygen atoms in total. The summed E-state index contributed by atoms with van der Waals surface area (Å²) in [4.78, 5) is 0. The normalized spacial score (nSPS) is 21.6. The van der Waals surface area contributed by atoms with E-state index in [2.05, 4.69) is 20.8 Å². The summed E-state index contributed by atoms with van der Waals surface area (Å²) in [5.74, 6) is 0.879. The SMILES string of the molecule is CCCCCCCC1=C(CC)C(C)CCC1. The first-order chi connectivity index (χ1) is 7.79. The second-order valence-electron chi connectivity index (χ2n) is 5.44. The minimum Gasteiger partial charge on any atom is -0.0707 e. The maximum Gasteiger partial charge on any atom is -0.0229 e. The summed E-state index contributed by atoms with van der Waals surface area (Å²) in [5.41, 5.74) is 3.64. The predicted octanol–water partition coefficient (Wildman–Crippen LogP) is 5.87. The minimum absolute atomic E-state index is 0.879. The lowest BCUT2D eigenvalue weighted by atomic mass is 9.81. The monoisotopic (exact) mass is 222 g/mol. The van der Waals surface area contributed by atoms with Crippen LogP contribution < -0.4 is 0 Å². The van der Waals surface area contributed by atoms with Crippen LogP contribution in [0.2, 0.25) is 0 Å². The summed E-state index contributed by atoms with van der Waals surface area (Å²) in [5, 5.41) is 0. The van der Waals surface area contributed by atoms with Crippen molar-refractivity contribution in [3.8, 4) is 0 Å². The van der Waals surface area contributed by atoms with E-state index in [1.165, 1.54) is 64.2 Å². The highest BCUT2D eigenvalue weighted by atomic mass is 14.2. The Bertz CT molecular complexity index is 212. The summed E-state index contributed by atoms with van der Waals surface area (Å²) in [6.07, 6.45) is 14.1. The molecule has 16 heavy (non-hydrogen) atoms. The van der Waals surface area contributed by atoms with Crippen LogP contribution in [0.5, 0.6) is 0 Å². The van der Waals surface area contributed by atoms with E-state index in [4.69, 9.17) is 0 Å². The lowest BCUT2D eigenvalue weighted by molar-refractivity contribution is 0.503. The molecule has 0 heteroatoms. The molecule has 0 bridgehead atoms. The molecule has 0 aromatic rings. The summed E-state index contributed by atoms with van der Waals surface area (Å²) >= 11 is 0. The van der Waals surface area contributed by atoms with Gasteiger partial charge >= 0.3 is 0 Å². The van der Waals surface area contributed by atoms with Gasteiger partial charge in [-0.05, 0) is 44.4 Å². The van der Waals surface area contributed by atoms with E-state index < -0.39 is 0 Å². The fourth-order valence-electron chi connectivity index (χ4n) is 3.13. The predicted molar refractivity (Wildman–Crippen MR) is 73.7 cm³/mol. The van der Waals surface area contributed by atoms with Crippen LogP contribution in [0.1, 0.15) is 85.0 Å². The van der Waals surface area contributed by atoms with Crippen molar-refractivity contribution in [3.05, 3.63) is 11.1 Å². The molecule has 0 fully saturated rings. The maximum atomic E-state index is 2.43. The molecular formula is C16H30. The van der Waals surface area contributed by atoms with E-state index in [1.54, 1.807) is 0 Å². The summed E-state index contributed by atoms with van der Waals surface area (Å²) < 4.78 is 0. The second-order valence-corrected chi connectivity index (χ2v) is 5.44. The Labute approximate surface area is 103 Å². The fourth-order valence-corrected chi connectivity index (χ4v) is 3.13. The number of allylic oxidation sites excluding steroid dienone is 2. The van der Waals surface area contributed by atoms with Crippen molar-refractivity contribution in [3.63, 3.8) is 0 Å². The smallest absolute Gasteiger partial charge is 0.0229 e. The van der Waals surface area contributed by atoms with Gasteiger partial charge in [0.1, 0.15) is 0 Å². The zero-order valence-corrected chi connectivity index (χ0v) is 11.6. The van der Waals surface area contributed by atoms with Crippen LogP contribution in [0.4, 0.5) is 0 Å². The van der Waals surface area contributed by atoms with Crippen LogP contribution in [-0.4, -0.2) is 0 Å². The Hall–Kier alpha value is -0.260. The Balaban J connectivity index is 2.32. The molecule has 1 aliphatic rings. The van der Waals surface area contributed by atoms with E-state index in [1.807, 2.05) is 11.1 Å². The molecule has 0 heterocycles. The van der Waals surface area contributed by atoms with Crippen molar-refractivity contribution in [1.82, 2.24) is 0 Å². The van der Waals surface area contributed by atoms with Gasteiger partial charge in [0.2, 0.25) is 0 Å². The van der Waals surface area contributed by atoms with Gasteiger partial charge < -0.3 is 0 Å². The first-order valence-corrected chi connectivity index (χ1v) is 7.50. The molecule has 0 amide bonds. The second kappa shape index (κ2) is 7.92. The lowest BCUT2D eigenvalue weighted by Crippen LogP contribution is -2.09. The molecule has 94 valence electrons. The molecule has 0 radical (unpaired) electrons. The standard InChI is InChI=1S/C16H30/c1-4-6-7-8-9-12-15-13-10-11-14(3)16(15)5-2/h14H,4-13H2,1-3H3. The number of hydrogen-bond donors (Lipinski definition) is 0. The highest BCUT2D eigenvalue weighted by molar-refractivity contribution is 5.19. The van der Waals surface area contributed by atoms with Gasteiger partial charge in [0.15, 0.2) is 0 Å². The van der Waals surface area contributed by atoms with Crippen LogP contribution in [0, 0.1) is 5.92 Å². The van der Waals surface area contributed by atoms with Crippen LogP contribution in [0.3, 0.4) is 0 Å². The van der Waals surface area contributed by atoms with Gasteiger partial charge in [-0.3, -0.25) is 0 Å². The summed E-state index contributed by atoms with van der Waals surface area (Å²) in [6.45, 7) is 7.06. The largest absolute Gasteiger partial charge is 0.0707 e. The molecule has 1 atom stereocenters. The average molecular weight is 222 g/mol. The molecule has 0 aromatic carbocycles. The highest BCUT2D eigenvalue weighted by Gasteiger charge is 2.17. The van der Waals surface area contributed by atoms with Crippen LogP contribution in [-0.2, 0) is 0 Å². The van der Waals surface area contributed by atoms with E-state index in [0.717, 1.165) is 5.92 Å². The van der Waals surface area contributed by atoms with Crippen molar-refractivity contribution in [2.24, 2.45) is 5.92 Å². The third-order valence-electron chi connectivity index (χ3n) is 4.13. The number of hydrogen-bond acceptors (Lipinski definition) is 0. The van der Waals surface area contributed by atoms with Gasteiger partial charge in [-0.2, -0.15) is 0 Å². The third-order valence-corrected chi connectivity index (χ3v) is 4.13. The van der Waals surface area contributed by atoms with Crippen molar-refractivity contribution in [2.45, 2.75) is 85.0 Å². The molecule has 0 aliphatic heterocycles. The lowest BCUT2D eigenvalue weighted by Gasteiger charge is -2.25. The summed E-state index contributed by atoms with van der Waals surface area (Å²) in [7, 11) is 0. The van der Waals surface area contributed by atoms with Crippen molar-refractivity contribution >= 4 is 0 Å². The Kier molecular flexibility index (Phi) is 6.84. The number of unbranched alkanes of at least 4 members (excludes halogenated alkanes) is 4. The minimum atomic E-state index is 0.879. The highest BCUT2D eigenvalue weighted by Crippen LogP contribution is 2.34. The zero-order chi connectivity index (χ0) is 11.8. The molecule has 0 saturated heterocycles. The average Bonchev–Trinajstić information content (AvgIpc) is 2.29. The van der Waals surface area contributed by atoms with Gasteiger partial charge in [0, 0.05) is 0 Å². The van der Waals surface area contributed by atoms with Crippen molar-refractivity contribution < 1.29 is 0 Å².